The van der Waals surface area contributed by atoms with Crippen LogP contribution in [0.3, 0.4) is 0 Å². The zero-order valence-electron chi connectivity index (χ0n) is 16.5. The van der Waals surface area contributed by atoms with E-state index in [1.165, 1.54) is 33.9 Å². The molecular weight excluding hydrogens is 454 g/mol. The Morgan fingerprint density at radius 3 is 2.69 bits per heavy atom. The van der Waals surface area contributed by atoms with Crippen LogP contribution in [0.4, 0.5) is 5.69 Å². The minimum atomic E-state index is -0.571. The summed E-state index contributed by atoms with van der Waals surface area (Å²) in [5.74, 6) is -0.530. The Labute approximate surface area is 191 Å². The molecule has 162 valence electrons. The van der Waals surface area contributed by atoms with Crippen LogP contribution in [0.2, 0.25) is 5.02 Å². The molecule has 1 amide bonds. The third-order valence-corrected chi connectivity index (χ3v) is 5.38. The number of nitrogens with zero attached hydrogens (tertiary/aromatic N) is 2. The van der Waals surface area contributed by atoms with Crippen molar-refractivity contribution in [3.63, 3.8) is 0 Å². The number of hydrogen-bond acceptors (Lipinski definition) is 7. The van der Waals surface area contributed by atoms with Gasteiger partial charge in [-0.1, -0.05) is 23.7 Å². The highest BCUT2D eigenvalue weighted by Gasteiger charge is 2.11. The molecule has 0 aliphatic carbocycles. The molecule has 4 aromatic rings. The molecule has 0 fully saturated rings. The normalized spacial score (nSPS) is 10.7. The molecule has 0 bridgehead atoms. The summed E-state index contributed by atoms with van der Waals surface area (Å²) in [7, 11) is 0. The van der Waals surface area contributed by atoms with E-state index in [-0.39, 0.29) is 24.7 Å². The van der Waals surface area contributed by atoms with E-state index in [0.29, 0.717) is 32.7 Å². The van der Waals surface area contributed by atoms with E-state index in [4.69, 9.17) is 21.1 Å². The minimum absolute atomic E-state index is 0.125. The summed E-state index contributed by atoms with van der Waals surface area (Å²) in [5.41, 5.74) is 0.922. The number of hydrogen-bond donors (Lipinski definition) is 1. The first kappa shape index (κ1) is 21.5. The van der Waals surface area contributed by atoms with E-state index in [9.17, 15) is 14.4 Å². The van der Waals surface area contributed by atoms with Crippen LogP contribution in [0.1, 0.15) is 16.1 Å². The van der Waals surface area contributed by atoms with Crippen molar-refractivity contribution in [1.82, 2.24) is 9.38 Å². The highest BCUT2D eigenvalue weighted by atomic mass is 35.5. The fourth-order valence-corrected chi connectivity index (χ4v) is 3.71. The van der Waals surface area contributed by atoms with Gasteiger partial charge in [0.2, 0.25) is 0 Å². The van der Waals surface area contributed by atoms with Gasteiger partial charge in [0.1, 0.15) is 12.4 Å². The molecule has 10 heteroatoms. The zero-order chi connectivity index (χ0) is 22.5. The molecule has 0 atom stereocenters. The Morgan fingerprint density at radius 2 is 1.91 bits per heavy atom. The molecular formula is C22H16ClN3O5S. The van der Waals surface area contributed by atoms with Crippen molar-refractivity contribution in [2.75, 3.05) is 11.9 Å². The van der Waals surface area contributed by atoms with E-state index in [2.05, 4.69) is 10.3 Å². The summed E-state index contributed by atoms with van der Waals surface area (Å²) in [4.78, 5) is 41.2. The van der Waals surface area contributed by atoms with Gasteiger partial charge in [0, 0.05) is 23.3 Å². The predicted molar refractivity (Wildman–Crippen MR) is 120 cm³/mol. The van der Waals surface area contributed by atoms with Crippen LogP contribution in [-0.2, 0) is 16.1 Å². The molecule has 0 unspecified atom stereocenters. The number of thiazole rings is 1. The number of rotatable bonds is 7. The number of carbonyl (C=O) groups is 2. The first-order valence-corrected chi connectivity index (χ1v) is 10.7. The zero-order valence-corrected chi connectivity index (χ0v) is 18.1. The van der Waals surface area contributed by atoms with Crippen LogP contribution in [0.5, 0.6) is 5.75 Å². The summed E-state index contributed by atoms with van der Waals surface area (Å²) in [5, 5.41) is 4.84. The van der Waals surface area contributed by atoms with Gasteiger partial charge in [-0.15, -0.1) is 11.3 Å². The monoisotopic (exact) mass is 469 g/mol. The van der Waals surface area contributed by atoms with Crippen LogP contribution in [0.15, 0.2) is 71.0 Å². The van der Waals surface area contributed by atoms with Crippen molar-refractivity contribution in [2.24, 2.45) is 0 Å². The Morgan fingerprint density at radius 1 is 1.12 bits per heavy atom. The predicted octanol–water partition coefficient (Wildman–Crippen LogP) is 3.78. The van der Waals surface area contributed by atoms with Gasteiger partial charge in [0.05, 0.1) is 16.3 Å². The Hall–Kier alpha value is -3.69. The number of para-hydroxylation sites is 1. The average Bonchev–Trinajstić information content (AvgIpc) is 3.27. The van der Waals surface area contributed by atoms with Gasteiger partial charge >= 0.3 is 5.97 Å². The van der Waals surface area contributed by atoms with Crippen LogP contribution >= 0.6 is 22.9 Å². The molecule has 32 heavy (non-hydrogen) atoms. The van der Waals surface area contributed by atoms with Crippen LogP contribution in [-0.4, -0.2) is 27.9 Å². The molecule has 0 radical (unpaired) electrons. The van der Waals surface area contributed by atoms with E-state index in [1.54, 1.807) is 48.0 Å². The summed E-state index contributed by atoms with van der Waals surface area (Å²) in [6, 6.07) is 14.4. The lowest BCUT2D eigenvalue weighted by Gasteiger charge is -2.09. The number of amides is 1. The summed E-state index contributed by atoms with van der Waals surface area (Å²) < 4.78 is 12.1. The Balaban J connectivity index is 1.30. The molecule has 1 N–H and O–H groups in total. The average molecular weight is 470 g/mol. The number of nitrogens with one attached hydrogen (secondary N) is 1. The van der Waals surface area contributed by atoms with Crippen molar-refractivity contribution < 1.29 is 19.1 Å². The Bertz CT molecular complexity index is 1330. The van der Waals surface area contributed by atoms with Crippen molar-refractivity contribution in [3.8, 4) is 5.75 Å². The second-order valence-electron chi connectivity index (χ2n) is 6.56. The molecule has 0 saturated heterocycles. The molecule has 2 aromatic carbocycles. The summed E-state index contributed by atoms with van der Waals surface area (Å²) >= 11 is 7.30. The third-order valence-electron chi connectivity index (χ3n) is 4.31. The number of ether oxygens (including phenoxy) is 2. The number of aromatic nitrogens is 2. The highest BCUT2D eigenvalue weighted by Crippen LogP contribution is 2.23. The second-order valence-corrected chi connectivity index (χ2v) is 7.84. The lowest BCUT2D eigenvalue weighted by atomic mass is 10.2. The largest absolute Gasteiger partial charge is 0.482 e. The van der Waals surface area contributed by atoms with Crippen LogP contribution in [0, 0.1) is 0 Å². The van der Waals surface area contributed by atoms with Crippen molar-refractivity contribution >= 4 is 45.5 Å². The molecule has 8 nitrogen and oxygen atoms in total. The van der Waals surface area contributed by atoms with Crippen LogP contribution in [0.25, 0.3) is 4.96 Å². The van der Waals surface area contributed by atoms with Crippen molar-refractivity contribution in [3.05, 3.63) is 92.8 Å². The second kappa shape index (κ2) is 9.63. The van der Waals surface area contributed by atoms with E-state index < -0.39 is 5.97 Å². The standard InChI is InChI=1S/C22H16ClN3O5S/c23-17-3-1-2-4-18(17)30-13-19(27)24-15-7-5-14(6-8-15)21(29)31-12-16-11-20(28)26-9-10-32-22(26)25-16/h1-11H,12-13H2,(H,24,27). The molecule has 0 spiro atoms. The number of esters is 1. The van der Waals surface area contributed by atoms with Gasteiger partial charge in [-0.3, -0.25) is 14.0 Å². The van der Waals surface area contributed by atoms with Gasteiger partial charge < -0.3 is 14.8 Å². The molecule has 0 aliphatic heterocycles. The fourth-order valence-electron chi connectivity index (χ4n) is 2.78. The van der Waals surface area contributed by atoms with Crippen LogP contribution < -0.4 is 15.6 Å². The fraction of sp³-hybridized carbons (Fsp3) is 0.0909. The van der Waals surface area contributed by atoms with Crippen molar-refractivity contribution in [1.29, 1.82) is 0 Å². The number of benzene rings is 2. The molecule has 0 saturated carbocycles. The van der Waals surface area contributed by atoms with E-state index in [1.807, 2.05) is 0 Å². The van der Waals surface area contributed by atoms with E-state index >= 15 is 0 Å². The lowest BCUT2D eigenvalue weighted by Crippen LogP contribution is -2.20. The van der Waals surface area contributed by atoms with Gasteiger partial charge in [-0.05, 0) is 36.4 Å². The smallest absolute Gasteiger partial charge is 0.338 e. The minimum Gasteiger partial charge on any atom is -0.482 e. The van der Waals surface area contributed by atoms with Gasteiger partial charge in [0.25, 0.3) is 11.5 Å². The highest BCUT2D eigenvalue weighted by molar-refractivity contribution is 7.15. The molecule has 2 aromatic heterocycles. The lowest BCUT2D eigenvalue weighted by molar-refractivity contribution is -0.118. The number of halogens is 1. The maximum atomic E-state index is 12.3. The van der Waals surface area contributed by atoms with Gasteiger partial charge in [-0.2, -0.15) is 0 Å². The first-order valence-electron chi connectivity index (χ1n) is 9.40. The molecule has 0 aliphatic rings. The number of carbonyl (C=O) groups excluding carboxylic acids is 2. The Kier molecular flexibility index (Phi) is 6.48. The quantitative estimate of drug-likeness (QED) is 0.413. The summed E-state index contributed by atoms with van der Waals surface area (Å²) in [6.45, 7) is -0.338. The van der Waals surface area contributed by atoms with Gasteiger partial charge in [-0.25, -0.2) is 9.78 Å². The van der Waals surface area contributed by atoms with Crippen molar-refractivity contribution in [2.45, 2.75) is 6.61 Å². The molecule has 4 rings (SSSR count). The third kappa shape index (κ3) is 5.13. The maximum Gasteiger partial charge on any atom is 0.338 e. The van der Waals surface area contributed by atoms with Gasteiger partial charge in [0.15, 0.2) is 11.6 Å². The van der Waals surface area contributed by atoms with E-state index in [0.717, 1.165) is 0 Å². The molecule has 2 heterocycles. The number of anilines is 1. The first-order chi connectivity index (χ1) is 15.5. The SMILES string of the molecule is O=C(COc1ccccc1Cl)Nc1ccc(C(=O)OCc2cc(=O)n3ccsc3n2)cc1. The summed E-state index contributed by atoms with van der Waals surface area (Å²) in [6.07, 6.45) is 1.63. The topological polar surface area (TPSA) is 99.0 Å². The number of fused-ring (bicyclic) bond motifs is 1. The maximum absolute atomic E-state index is 12.3.